The van der Waals surface area contributed by atoms with Gasteiger partial charge in [0.2, 0.25) is 0 Å². The van der Waals surface area contributed by atoms with Gasteiger partial charge in [0.15, 0.2) is 11.5 Å². The number of halogens is 2. The third-order valence-corrected chi connectivity index (χ3v) is 7.41. The van der Waals surface area contributed by atoms with Crippen molar-refractivity contribution in [3.63, 3.8) is 0 Å². The fraction of sp³-hybridized carbons (Fsp3) is 0.172. The predicted molar refractivity (Wildman–Crippen MR) is 149 cm³/mol. The Hall–Kier alpha value is -4.14. The Bertz CT molecular complexity index is 1640. The van der Waals surface area contributed by atoms with Gasteiger partial charge in [-0.15, -0.1) is 0 Å². The number of aromatic amines is 1. The second kappa shape index (κ2) is 10.6. The summed E-state index contributed by atoms with van der Waals surface area (Å²) in [6.07, 6.45) is 1.73. The van der Waals surface area contributed by atoms with Gasteiger partial charge >= 0.3 is 0 Å². The summed E-state index contributed by atoms with van der Waals surface area (Å²) in [4.78, 5) is 31.8. The van der Waals surface area contributed by atoms with Crippen molar-refractivity contribution in [1.82, 2.24) is 9.88 Å². The average molecular weight is 567 g/mol. The summed E-state index contributed by atoms with van der Waals surface area (Å²) in [6, 6.07) is 15.2. The molecule has 3 aromatic carbocycles. The largest absolute Gasteiger partial charge is 0.507 e. The number of nitrogens with zero attached hydrogens (tertiary/aromatic N) is 1. The number of rotatable bonds is 7. The number of methoxy groups -OCH3 is 3. The van der Waals surface area contributed by atoms with Crippen molar-refractivity contribution in [2.24, 2.45) is 0 Å². The third-order valence-electron chi connectivity index (χ3n) is 6.78. The van der Waals surface area contributed by atoms with Crippen molar-refractivity contribution >= 4 is 51.6 Å². The van der Waals surface area contributed by atoms with Crippen LogP contribution in [0.1, 0.15) is 22.7 Å². The van der Waals surface area contributed by atoms with Crippen LogP contribution in [-0.2, 0) is 16.1 Å². The lowest BCUT2D eigenvalue weighted by molar-refractivity contribution is -0.140. The smallest absolute Gasteiger partial charge is 0.295 e. The number of nitrogens with one attached hydrogen (secondary N) is 1. The maximum atomic E-state index is 13.6. The van der Waals surface area contributed by atoms with Crippen molar-refractivity contribution in [2.75, 3.05) is 21.3 Å². The van der Waals surface area contributed by atoms with E-state index in [0.29, 0.717) is 16.9 Å². The van der Waals surface area contributed by atoms with Gasteiger partial charge < -0.3 is 29.2 Å². The SMILES string of the molecule is COc1ccccc1CN1C(=O)C(=O)/C(=C(/O)c2cc(Cl)c(OC)c(Cl)c2OC)C1c1c[nH]c2ccccc12. The molecule has 2 heterocycles. The Morgan fingerprint density at radius 1 is 0.974 bits per heavy atom. The highest BCUT2D eigenvalue weighted by Crippen LogP contribution is 2.48. The molecular weight excluding hydrogens is 543 g/mol. The van der Waals surface area contributed by atoms with Gasteiger partial charge in [0.05, 0.1) is 50.1 Å². The van der Waals surface area contributed by atoms with Crippen LogP contribution >= 0.6 is 23.2 Å². The van der Waals surface area contributed by atoms with Gasteiger partial charge in [-0.1, -0.05) is 59.6 Å². The number of carbonyl (C=O) groups excluding carboxylic acids is 2. The van der Waals surface area contributed by atoms with Crippen LogP contribution in [0.4, 0.5) is 0 Å². The number of carbonyl (C=O) groups is 2. The molecule has 0 spiro atoms. The number of aromatic nitrogens is 1. The van der Waals surface area contributed by atoms with Crippen LogP contribution in [0.5, 0.6) is 17.2 Å². The number of aliphatic hydroxyl groups is 1. The number of amides is 1. The zero-order valence-corrected chi connectivity index (χ0v) is 22.8. The lowest BCUT2D eigenvalue weighted by Gasteiger charge is -2.26. The Morgan fingerprint density at radius 2 is 1.67 bits per heavy atom. The zero-order valence-electron chi connectivity index (χ0n) is 21.2. The first kappa shape index (κ1) is 26.5. The molecule has 10 heteroatoms. The number of H-pyrrole nitrogens is 1. The second-order valence-corrected chi connectivity index (χ2v) is 9.60. The first-order valence-electron chi connectivity index (χ1n) is 11.9. The molecule has 8 nitrogen and oxygen atoms in total. The standard InChI is InChI=1S/C29H24Cl2N2O6/c1-37-21-11-7-4-8-15(21)14-33-24(18-13-32-20-10-6-5-9-16(18)20)22(26(35)29(33)36)25(34)17-12-19(30)28(39-3)23(31)27(17)38-2/h4-13,24,32,34H,14H2,1-3H3/b25-22+. The molecule has 1 atom stereocenters. The van der Waals surface area contributed by atoms with E-state index in [0.717, 1.165) is 10.9 Å². The molecule has 1 aromatic heterocycles. The summed E-state index contributed by atoms with van der Waals surface area (Å²) in [7, 11) is 4.29. The highest BCUT2D eigenvalue weighted by atomic mass is 35.5. The van der Waals surface area contributed by atoms with Crippen LogP contribution in [0.3, 0.4) is 0 Å². The normalized spacial score (nSPS) is 16.6. The highest BCUT2D eigenvalue weighted by Gasteiger charge is 2.47. The van der Waals surface area contributed by atoms with Crippen LogP contribution in [0.25, 0.3) is 16.7 Å². The van der Waals surface area contributed by atoms with E-state index >= 15 is 0 Å². The number of Topliss-reactive ketones (excluding diaryl/α,β-unsaturated/α-hetero) is 1. The maximum absolute atomic E-state index is 13.6. The van der Waals surface area contributed by atoms with Gasteiger partial charge in [-0.3, -0.25) is 9.59 Å². The predicted octanol–water partition coefficient (Wildman–Crippen LogP) is 6.12. The summed E-state index contributed by atoms with van der Waals surface area (Å²) in [5.41, 5.74) is 2.05. The van der Waals surface area contributed by atoms with Crippen LogP contribution in [0, 0.1) is 0 Å². The van der Waals surface area contributed by atoms with Crippen LogP contribution in [0.2, 0.25) is 10.0 Å². The molecule has 1 fully saturated rings. The molecule has 0 aliphatic carbocycles. The summed E-state index contributed by atoms with van der Waals surface area (Å²) in [6.45, 7) is 0.0524. The van der Waals surface area contributed by atoms with Crippen LogP contribution < -0.4 is 14.2 Å². The van der Waals surface area contributed by atoms with Crippen molar-refractivity contribution in [1.29, 1.82) is 0 Å². The van der Waals surface area contributed by atoms with Crippen LogP contribution in [-0.4, -0.2) is 48.0 Å². The molecule has 39 heavy (non-hydrogen) atoms. The lowest BCUT2D eigenvalue weighted by Crippen LogP contribution is -2.29. The average Bonchev–Trinajstić information content (AvgIpc) is 3.47. The minimum atomic E-state index is -0.949. The van der Waals surface area contributed by atoms with E-state index in [1.165, 1.54) is 32.3 Å². The van der Waals surface area contributed by atoms with Gasteiger partial charge in [-0.05, 0) is 18.2 Å². The zero-order chi connectivity index (χ0) is 27.8. The first-order chi connectivity index (χ1) is 18.8. The molecule has 2 N–H and O–H groups in total. The lowest BCUT2D eigenvalue weighted by atomic mass is 9.94. The molecule has 1 aliphatic heterocycles. The first-order valence-corrected chi connectivity index (χ1v) is 12.6. The second-order valence-electron chi connectivity index (χ2n) is 8.81. The van der Waals surface area contributed by atoms with E-state index in [2.05, 4.69) is 4.98 Å². The monoisotopic (exact) mass is 566 g/mol. The Kier molecular flexibility index (Phi) is 7.16. The number of fused-ring (bicyclic) bond motifs is 1. The van der Waals surface area contributed by atoms with E-state index in [1.807, 2.05) is 42.5 Å². The van der Waals surface area contributed by atoms with Crippen molar-refractivity contribution in [3.8, 4) is 17.2 Å². The number of ether oxygens (including phenoxy) is 3. The summed E-state index contributed by atoms with van der Waals surface area (Å²) in [5.74, 6) is -1.35. The fourth-order valence-electron chi connectivity index (χ4n) is 5.00. The third kappa shape index (κ3) is 4.35. The minimum absolute atomic E-state index is 0.0148. The maximum Gasteiger partial charge on any atom is 0.295 e. The van der Waals surface area contributed by atoms with Gasteiger partial charge in [-0.25, -0.2) is 0 Å². The molecular formula is C29H24Cl2N2O6. The number of benzene rings is 3. The summed E-state index contributed by atoms with van der Waals surface area (Å²) < 4.78 is 16.2. The molecule has 0 saturated carbocycles. The number of hydrogen-bond donors (Lipinski definition) is 2. The number of likely N-dealkylation sites (tertiary alicyclic amines) is 1. The Labute approximate surface area is 234 Å². The van der Waals surface area contributed by atoms with Gasteiger partial charge in [0.25, 0.3) is 11.7 Å². The van der Waals surface area contributed by atoms with Crippen molar-refractivity contribution in [3.05, 3.63) is 93.1 Å². The Balaban J connectivity index is 1.77. The molecule has 1 amide bonds. The molecule has 4 aromatic rings. The molecule has 5 rings (SSSR count). The molecule has 1 aliphatic rings. The van der Waals surface area contributed by atoms with Crippen molar-refractivity contribution < 1.29 is 28.9 Å². The fourth-order valence-corrected chi connectivity index (χ4v) is 5.68. The number of aliphatic hydroxyl groups excluding tert-OH is 1. The number of para-hydroxylation sites is 2. The van der Waals surface area contributed by atoms with E-state index in [9.17, 15) is 14.7 Å². The highest BCUT2D eigenvalue weighted by molar-refractivity contribution is 6.47. The quantitative estimate of drug-likeness (QED) is 0.159. The van der Waals surface area contributed by atoms with E-state index in [-0.39, 0.29) is 39.2 Å². The van der Waals surface area contributed by atoms with Crippen molar-refractivity contribution in [2.45, 2.75) is 12.6 Å². The molecule has 200 valence electrons. The summed E-state index contributed by atoms with van der Waals surface area (Å²) >= 11 is 12.9. The van der Waals surface area contributed by atoms with Crippen LogP contribution in [0.15, 0.2) is 66.4 Å². The topological polar surface area (TPSA) is 101 Å². The molecule has 0 radical (unpaired) electrons. The Morgan fingerprint density at radius 3 is 2.38 bits per heavy atom. The van der Waals surface area contributed by atoms with Gasteiger partial charge in [0, 0.05) is 28.2 Å². The van der Waals surface area contributed by atoms with Gasteiger partial charge in [-0.2, -0.15) is 0 Å². The van der Waals surface area contributed by atoms with E-state index in [4.69, 9.17) is 37.4 Å². The van der Waals surface area contributed by atoms with E-state index < -0.39 is 23.5 Å². The number of ketones is 1. The molecule has 1 unspecified atom stereocenters. The number of hydrogen-bond acceptors (Lipinski definition) is 6. The molecule has 1 saturated heterocycles. The van der Waals surface area contributed by atoms with E-state index in [1.54, 1.807) is 12.3 Å². The molecule has 0 bridgehead atoms. The minimum Gasteiger partial charge on any atom is -0.507 e. The summed E-state index contributed by atoms with van der Waals surface area (Å²) in [5, 5.41) is 12.6. The van der Waals surface area contributed by atoms with Gasteiger partial charge in [0.1, 0.15) is 16.5 Å².